The van der Waals surface area contributed by atoms with Crippen molar-refractivity contribution >= 4 is 16.5 Å². The molecule has 1 aromatic carbocycles. The summed E-state index contributed by atoms with van der Waals surface area (Å²) in [6.45, 7) is 1.60. The Kier molecular flexibility index (Phi) is 7.70. The van der Waals surface area contributed by atoms with Gasteiger partial charge in [0.15, 0.2) is 17.5 Å². The number of aryl methyl sites for hydroxylation is 1. The third-order valence-electron chi connectivity index (χ3n) is 5.89. The monoisotopic (exact) mass is 556 g/mol. The SMILES string of the molecule is C[C@@H](CCCn1ccc2cc(-c3ncc(C(F)F)cn3)c(F)c(F)c2c1=O)Nc1cn[nH]c(=O)c1C(F)(F)F. The van der Waals surface area contributed by atoms with Crippen molar-refractivity contribution in [2.75, 3.05) is 5.32 Å². The molecule has 1 atom stereocenters. The molecule has 3 aromatic heterocycles. The van der Waals surface area contributed by atoms with Crippen LogP contribution in [0.15, 0.2) is 46.5 Å². The highest BCUT2D eigenvalue weighted by Crippen LogP contribution is 2.32. The minimum absolute atomic E-state index is 0.0293. The Labute approximate surface area is 214 Å². The van der Waals surface area contributed by atoms with Crippen LogP contribution in [0.3, 0.4) is 0 Å². The predicted octanol–water partition coefficient (Wildman–Crippen LogP) is 5.06. The van der Waals surface area contributed by atoms with E-state index < -0.39 is 69.2 Å². The number of H-pyrrole nitrogens is 1. The molecule has 4 aromatic rings. The molecule has 0 amide bonds. The van der Waals surface area contributed by atoms with Crippen LogP contribution in [0.4, 0.5) is 36.4 Å². The third kappa shape index (κ3) is 5.76. The van der Waals surface area contributed by atoms with Crippen LogP contribution < -0.4 is 16.4 Å². The van der Waals surface area contributed by atoms with E-state index in [1.807, 2.05) is 0 Å². The highest BCUT2D eigenvalue weighted by molar-refractivity contribution is 5.86. The maximum absolute atomic E-state index is 15.0. The average molecular weight is 556 g/mol. The van der Waals surface area contributed by atoms with Gasteiger partial charge in [0.1, 0.15) is 5.56 Å². The van der Waals surface area contributed by atoms with E-state index in [0.717, 1.165) is 29.2 Å². The van der Waals surface area contributed by atoms with Crippen LogP contribution in [-0.4, -0.2) is 30.8 Å². The number of benzene rings is 1. The van der Waals surface area contributed by atoms with Gasteiger partial charge in [-0.2, -0.15) is 18.3 Å². The van der Waals surface area contributed by atoms with Crippen molar-refractivity contribution in [2.45, 2.75) is 45.0 Å². The Morgan fingerprint density at radius 3 is 2.41 bits per heavy atom. The number of halogens is 7. The molecule has 3 heterocycles. The number of nitrogens with zero attached hydrogens (tertiary/aromatic N) is 4. The summed E-state index contributed by atoms with van der Waals surface area (Å²) in [5.41, 5.74) is -5.06. The molecule has 15 heteroatoms. The number of anilines is 1. The summed E-state index contributed by atoms with van der Waals surface area (Å²) >= 11 is 0. The quantitative estimate of drug-likeness (QED) is 0.294. The molecular weight excluding hydrogens is 537 g/mol. The van der Waals surface area contributed by atoms with Gasteiger partial charge in [0.2, 0.25) is 0 Å². The van der Waals surface area contributed by atoms with E-state index in [-0.39, 0.29) is 30.6 Å². The second-order valence-electron chi connectivity index (χ2n) is 8.64. The first-order valence-corrected chi connectivity index (χ1v) is 11.4. The summed E-state index contributed by atoms with van der Waals surface area (Å²) in [5, 5.41) is 7.19. The number of nitrogens with one attached hydrogen (secondary N) is 2. The van der Waals surface area contributed by atoms with Gasteiger partial charge in [-0.1, -0.05) is 0 Å². The number of hydrogen-bond acceptors (Lipinski definition) is 6. The minimum atomic E-state index is -4.91. The molecule has 39 heavy (non-hydrogen) atoms. The molecule has 8 nitrogen and oxygen atoms in total. The largest absolute Gasteiger partial charge is 0.423 e. The standard InChI is InChI=1S/C24H19F7N6O2/c1-11(35-15-10-34-36-22(38)17(15)24(29,30)31)3-2-5-37-6-4-12-7-14(18(25)19(26)16(12)23(37)39)21-32-8-13(9-33-21)20(27)28/h4,6-11,20H,2-3,5H2,1H3,(H2,35,36,38)/t11-/m0/s1. The molecule has 206 valence electrons. The van der Waals surface area contributed by atoms with Gasteiger partial charge < -0.3 is 9.88 Å². The van der Waals surface area contributed by atoms with Crippen molar-refractivity contribution in [3.63, 3.8) is 0 Å². The zero-order chi connectivity index (χ0) is 28.5. The number of pyridine rings is 1. The summed E-state index contributed by atoms with van der Waals surface area (Å²) in [6.07, 6.45) is -3.48. The van der Waals surface area contributed by atoms with Crippen molar-refractivity contribution < 1.29 is 30.7 Å². The predicted molar refractivity (Wildman–Crippen MR) is 126 cm³/mol. The number of hydrogen-bond donors (Lipinski definition) is 2. The molecule has 0 radical (unpaired) electrons. The lowest BCUT2D eigenvalue weighted by Gasteiger charge is -2.18. The van der Waals surface area contributed by atoms with E-state index >= 15 is 0 Å². The van der Waals surface area contributed by atoms with Gasteiger partial charge in [-0.3, -0.25) is 9.59 Å². The van der Waals surface area contributed by atoms with Crippen molar-refractivity contribution in [3.05, 3.63) is 80.4 Å². The van der Waals surface area contributed by atoms with Gasteiger partial charge in [0.25, 0.3) is 17.5 Å². The molecule has 0 bridgehead atoms. The summed E-state index contributed by atoms with van der Waals surface area (Å²) < 4.78 is 96.0. The summed E-state index contributed by atoms with van der Waals surface area (Å²) in [6, 6.07) is 1.92. The molecule has 0 saturated heterocycles. The van der Waals surface area contributed by atoms with Crippen LogP contribution in [0.2, 0.25) is 0 Å². The fourth-order valence-electron chi connectivity index (χ4n) is 4.00. The maximum Gasteiger partial charge on any atom is 0.423 e. The van der Waals surface area contributed by atoms with Crippen LogP contribution in [0.1, 0.15) is 37.3 Å². The van der Waals surface area contributed by atoms with E-state index in [0.29, 0.717) is 0 Å². The van der Waals surface area contributed by atoms with Gasteiger partial charge in [0.05, 0.1) is 28.4 Å². The smallest absolute Gasteiger partial charge is 0.381 e. The van der Waals surface area contributed by atoms with Crippen LogP contribution in [0.5, 0.6) is 0 Å². The third-order valence-corrected chi connectivity index (χ3v) is 5.89. The molecule has 0 fully saturated rings. The highest BCUT2D eigenvalue weighted by atomic mass is 19.4. The van der Waals surface area contributed by atoms with Crippen LogP contribution in [0.25, 0.3) is 22.2 Å². The highest BCUT2D eigenvalue weighted by Gasteiger charge is 2.37. The van der Waals surface area contributed by atoms with Gasteiger partial charge >= 0.3 is 6.18 Å². The van der Waals surface area contributed by atoms with Gasteiger partial charge in [-0.05, 0) is 37.3 Å². The first-order valence-electron chi connectivity index (χ1n) is 11.4. The van der Waals surface area contributed by atoms with Crippen molar-refractivity contribution in [1.29, 1.82) is 0 Å². The summed E-state index contributed by atoms with van der Waals surface area (Å²) in [4.78, 5) is 31.8. The van der Waals surface area contributed by atoms with Gasteiger partial charge in [0, 0.05) is 31.2 Å². The maximum atomic E-state index is 15.0. The number of aromatic amines is 1. The lowest BCUT2D eigenvalue weighted by Crippen LogP contribution is -2.27. The minimum Gasteiger partial charge on any atom is -0.381 e. The number of rotatable bonds is 8. The van der Waals surface area contributed by atoms with Gasteiger partial charge in [-0.25, -0.2) is 32.6 Å². The zero-order valence-electron chi connectivity index (χ0n) is 20.0. The van der Waals surface area contributed by atoms with E-state index in [1.54, 1.807) is 12.0 Å². The van der Waals surface area contributed by atoms with Crippen molar-refractivity contribution in [1.82, 2.24) is 24.7 Å². The number of aromatic nitrogens is 5. The normalized spacial score (nSPS) is 12.7. The molecule has 0 saturated carbocycles. The first kappa shape index (κ1) is 27.7. The first-order chi connectivity index (χ1) is 18.4. The topological polar surface area (TPSA) is 106 Å². The lowest BCUT2D eigenvalue weighted by atomic mass is 10.1. The molecule has 0 spiro atoms. The fraction of sp³-hybridized carbons (Fsp3) is 0.292. The molecule has 0 aliphatic carbocycles. The molecule has 0 unspecified atom stereocenters. The number of fused-ring (bicyclic) bond motifs is 1. The molecule has 0 aliphatic heterocycles. The Bertz CT molecular complexity index is 1620. The van der Waals surface area contributed by atoms with E-state index in [9.17, 15) is 40.3 Å². The van der Waals surface area contributed by atoms with Crippen LogP contribution in [0, 0.1) is 11.6 Å². The Hall–Kier alpha value is -4.30. The van der Waals surface area contributed by atoms with Crippen LogP contribution >= 0.6 is 0 Å². The summed E-state index contributed by atoms with van der Waals surface area (Å²) in [7, 11) is 0. The fourth-order valence-corrected chi connectivity index (χ4v) is 4.00. The molecule has 2 N–H and O–H groups in total. The summed E-state index contributed by atoms with van der Waals surface area (Å²) in [5.74, 6) is -3.22. The lowest BCUT2D eigenvalue weighted by molar-refractivity contribution is -0.138. The molecular formula is C24H19F7N6O2. The van der Waals surface area contributed by atoms with E-state index in [1.165, 1.54) is 12.3 Å². The molecule has 4 rings (SSSR count). The van der Waals surface area contributed by atoms with E-state index in [4.69, 9.17) is 0 Å². The Morgan fingerprint density at radius 1 is 1.08 bits per heavy atom. The van der Waals surface area contributed by atoms with E-state index in [2.05, 4.69) is 20.4 Å². The van der Waals surface area contributed by atoms with Crippen LogP contribution in [-0.2, 0) is 12.7 Å². The molecule has 0 aliphatic rings. The second kappa shape index (κ2) is 10.8. The number of alkyl halides is 5. The average Bonchev–Trinajstić information content (AvgIpc) is 2.86. The van der Waals surface area contributed by atoms with Gasteiger partial charge in [-0.15, -0.1) is 0 Å². The van der Waals surface area contributed by atoms with Crippen molar-refractivity contribution in [2.24, 2.45) is 0 Å². The Balaban J connectivity index is 1.51. The zero-order valence-corrected chi connectivity index (χ0v) is 20.0. The second-order valence-corrected chi connectivity index (χ2v) is 8.64. The Morgan fingerprint density at radius 2 is 1.77 bits per heavy atom. The van der Waals surface area contributed by atoms with Crippen molar-refractivity contribution in [3.8, 4) is 11.4 Å².